The first kappa shape index (κ1) is 11.8. The van der Waals surface area contributed by atoms with E-state index < -0.39 is 0 Å². The normalized spacial score (nSPS) is 16.2. The van der Waals surface area contributed by atoms with Gasteiger partial charge in [-0.3, -0.25) is 4.79 Å². The number of aromatic nitrogens is 3. The SMILES string of the molecule is O=c1[nH]c2nc(Cl)ncc2cc1N1CCSCC1. The number of hydrogen-bond donors (Lipinski definition) is 1. The van der Waals surface area contributed by atoms with Gasteiger partial charge in [-0.2, -0.15) is 16.7 Å². The molecular weight excluding hydrogens is 272 g/mol. The van der Waals surface area contributed by atoms with Crippen LogP contribution >= 0.6 is 23.4 Å². The average Bonchev–Trinajstić information content (AvgIpc) is 2.39. The third kappa shape index (κ3) is 2.18. The molecule has 0 radical (unpaired) electrons. The number of aromatic amines is 1. The Kier molecular flexibility index (Phi) is 3.13. The third-order valence-electron chi connectivity index (χ3n) is 2.90. The van der Waals surface area contributed by atoms with Gasteiger partial charge < -0.3 is 9.88 Å². The van der Waals surface area contributed by atoms with E-state index >= 15 is 0 Å². The molecule has 0 saturated carbocycles. The molecule has 1 aliphatic heterocycles. The van der Waals surface area contributed by atoms with Crippen LogP contribution in [0.15, 0.2) is 17.1 Å². The van der Waals surface area contributed by atoms with Crippen molar-refractivity contribution in [3.8, 4) is 0 Å². The molecule has 2 aromatic heterocycles. The van der Waals surface area contributed by atoms with Crippen molar-refractivity contribution < 1.29 is 0 Å². The topological polar surface area (TPSA) is 61.9 Å². The highest BCUT2D eigenvalue weighted by Crippen LogP contribution is 2.19. The summed E-state index contributed by atoms with van der Waals surface area (Å²) >= 11 is 7.61. The van der Waals surface area contributed by atoms with Gasteiger partial charge in [0.25, 0.3) is 5.56 Å². The van der Waals surface area contributed by atoms with Gasteiger partial charge in [0.15, 0.2) is 0 Å². The van der Waals surface area contributed by atoms with Gasteiger partial charge in [0.05, 0.1) is 0 Å². The minimum atomic E-state index is -0.121. The molecule has 1 fully saturated rings. The van der Waals surface area contributed by atoms with Crippen molar-refractivity contribution in [2.45, 2.75) is 0 Å². The summed E-state index contributed by atoms with van der Waals surface area (Å²) in [6.45, 7) is 1.79. The second-order valence-corrected chi connectivity index (χ2v) is 5.59. The Hall–Kier alpha value is -1.27. The molecule has 2 aromatic rings. The van der Waals surface area contributed by atoms with Gasteiger partial charge in [-0.25, -0.2) is 4.98 Å². The van der Waals surface area contributed by atoms with Crippen LogP contribution < -0.4 is 10.5 Å². The fourth-order valence-corrected chi connectivity index (χ4v) is 3.04. The lowest BCUT2D eigenvalue weighted by molar-refractivity contribution is 0.850. The van der Waals surface area contributed by atoms with Crippen LogP contribution in [0, 0.1) is 0 Å². The quantitative estimate of drug-likeness (QED) is 0.804. The van der Waals surface area contributed by atoms with Crippen LogP contribution in [0.2, 0.25) is 5.28 Å². The number of anilines is 1. The van der Waals surface area contributed by atoms with E-state index in [0.29, 0.717) is 11.3 Å². The van der Waals surface area contributed by atoms with Gasteiger partial charge in [0.2, 0.25) is 5.28 Å². The smallest absolute Gasteiger partial charge is 0.273 e. The first-order valence-electron chi connectivity index (χ1n) is 5.62. The molecule has 1 saturated heterocycles. The Bertz CT molecular complexity index is 638. The molecule has 1 aliphatic rings. The standard InChI is InChI=1S/C11H11ClN4OS/c12-11-13-6-7-5-8(10(17)14-9(7)15-11)16-1-3-18-4-2-16/h5-6H,1-4H2,(H,13,14,15,17). The largest absolute Gasteiger partial charge is 0.365 e. The minimum Gasteiger partial charge on any atom is -0.365 e. The summed E-state index contributed by atoms with van der Waals surface area (Å²) in [5.41, 5.74) is 1.05. The Balaban J connectivity index is 2.09. The summed E-state index contributed by atoms with van der Waals surface area (Å²) in [6, 6.07) is 1.83. The maximum absolute atomic E-state index is 12.0. The number of thioether (sulfide) groups is 1. The molecule has 94 valence electrons. The zero-order chi connectivity index (χ0) is 12.5. The monoisotopic (exact) mass is 282 g/mol. The number of fused-ring (bicyclic) bond motifs is 1. The fraction of sp³-hybridized carbons (Fsp3) is 0.364. The van der Waals surface area contributed by atoms with E-state index in [1.165, 1.54) is 0 Å². The lowest BCUT2D eigenvalue weighted by Crippen LogP contribution is -2.36. The molecule has 1 N–H and O–H groups in total. The van der Waals surface area contributed by atoms with Gasteiger partial charge in [0, 0.05) is 36.2 Å². The second-order valence-electron chi connectivity index (χ2n) is 4.03. The predicted octanol–water partition coefficient (Wildman–Crippen LogP) is 1.52. The highest BCUT2D eigenvalue weighted by molar-refractivity contribution is 7.99. The van der Waals surface area contributed by atoms with Gasteiger partial charge in [-0.15, -0.1) is 0 Å². The Morgan fingerprint density at radius 1 is 1.39 bits per heavy atom. The number of halogens is 1. The lowest BCUT2D eigenvalue weighted by Gasteiger charge is -2.27. The third-order valence-corrected chi connectivity index (χ3v) is 4.02. The van der Waals surface area contributed by atoms with Gasteiger partial charge >= 0.3 is 0 Å². The average molecular weight is 283 g/mol. The molecular formula is C11H11ClN4OS. The molecule has 0 aliphatic carbocycles. The molecule has 0 unspecified atom stereocenters. The van der Waals surface area contributed by atoms with Crippen molar-refractivity contribution in [2.24, 2.45) is 0 Å². The van der Waals surface area contributed by atoms with E-state index in [-0.39, 0.29) is 10.8 Å². The van der Waals surface area contributed by atoms with Crippen molar-refractivity contribution in [3.05, 3.63) is 27.9 Å². The van der Waals surface area contributed by atoms with Gasteiger partial charge in [-0.1, -0.05) is 0 Å². The van der Waals surface area contributed by atoms with E-state index in [1.807, 2.05) is 17.8 Å². The Morgan fingerprint density at radius 3 is 2.94 bits per heavy atom. The number of H-pyrrole nitrogens is 1. The van der Waals surface area contributed by atoms with Crippen molar-refractivity contribution in [3.63, 3.8) is 0 Å². The second kappa shape index (κ2) is 4.78. The molecule has 0 spiro atoms. The van der Waals surface area contributed by atoms with E-state index in [9.17, 15) is 4.79 Å². The molecule has 3 heterocycles. The van der Waals surface area contributed by atoms with E-state index in [0.717, 1.165) is 30.0 Å². The first-order valence-corrected chi connectivity index (χ1v) is 7.15. The molecule has 18 heavy (non-hydrogen) atoms. The molecule has 0 bridgehead atoms. The zero-order valence-corrected chi connectivity index (χ0v) is 11.1. The molecule has 5 nitrogen and oxygen atoms in total. The van der Waals surface area contributed by atoms with Crippen LogP contribution in [0.1, 0.15) is 0 Å². The maximum atomic E-state index is 12.0. The number of nitrogens with one attached hydrogen (secondary N) is 1. The number of rotatable bonds is 1. The Labute approximate surface area is 113 Å². The summed E-state index contributed by atoms with van der Waals surface area (Å²) in [4.78, 5) is 24.8. The number of nitrogens with zero attached hydrogens (tertiary/aromatic N) is 3. The molecule has 0 aromatic carbocycles. The molecule has 0 amide bonds. The van der Waals surface area contributed by atoms with Crippen LogP contribution in [0.4, 0.5) is 5.69 Å². The maximum Gasteiger partial charge on any atom is 0.273 e. The van der Waals surface area contributed by atoms with E-state index in [4.69, 9.17) is 11.6 Å². The van der Waals surface area contributed by atoms with Crippen molar-refractivity contribution in [1.29, 1.82) is 0 Å². The van der Waals surface area contributed by atoms with Gasteiger partial charge in [-0.05, 0) is 17.7 Å². The molecule has 7 heteroatoms. The van der Waals surface area contributed by atoms with Gasteiger partial charge in [0.1, 0.15) is 11.3 Å². The zero-order valence-electron chi connectivity index (χ0n) is 9.52. The highest BCUT2D eigenvalue weighted by atomic mass is 35.5. The van der Waals surface area contributed by atoms with Crippen LogP contribution in [0.25, 0.3) is 11.0 Å². The minimum absolute atomic E-state index is 0.121. The van der Waals surface area contributed by atoms with Crippen molar-refractivity contribution in [2.75, 3.05) is 29.5 Å². The van der Waals surface area contributed by atoms with E-state index in [2.05, 4.69) is 19.9 Å². The van der Waals surface area contributed by atoms with Crippen LogP contribution in [0.3, 0.4) is 0 Å². The van der Waals surface area contributed by atoms with Crippen LogP contribution in [0.5, 0.6) is 0 Å². The molecule has 3 rings (SSSR count). The summed E-state index contributed by atoms with van der Waals surface area (Å²) in [5.74, 6) is 2.10. The van der Waals surface area contributed by atoms with E-state index in [1.54, 1.807) is 6.20 Å². The number of pyridine rings is 1. The van der Waals surface area contributed by atoms with Crippen LogP contribution in [-0.4, -0.2) is 39.5 Å². The lowest BCUT2D eigenvalue weighted by atomic mass is 10.3. The predicted molar refractivity (Wildman–Crippen MR) is 74.7 cm³/mol. The molecule has 0 atom stereocenters. The summed E-state index contributed by atoms with van der Waals surface area (Å²) in [6.07, 6.45) is 1.63. The first-order chi connectivity index (χ1) is 8.74. The van der Waals surface area contributed by atoms with Crippen molar-refractivity contribution in [1.82, 2.24) is 15.0 Å². The highest BCUT2D eigenvalue weighted by Gasteiger charge is 2.15. The summed E-state index contributed by atoms with van der Waals surface area (Å²) in [7, 11) is 0. The van der Waals surface area contributed by atoms with Crippen molar-refractivity contribution >= 4 is 40.1 Å². The summed E-state index contributed by atoms with van der Waals surface area (Å²) < 4.78 is 0. The Morgan fingerprint density at radius 2 is 2.17 bits per heavy atom. The number of hydrogen-bond acceptors (Lipinski definition) is 5. The van der Waals surface area contributed by atoms with Crippen LogP contribution in [-0.2, 0) is 0 Å². The fourth-order valence-electron chi connectivity index (χ4n) is 2.00. The summed E-state index contributed by atoms with van der Waals surface area (Å²) in [5, 5.41) is 0.937.